The molecule has 0 bridgehead atoms. The number of hydrogen-bond donors (Lipinski definition) is 0. The van der Waals surface area contributed by atoms with Crippen LogP contribution in [-0.4, -0.2) is 69.4 Å². The van der Waals surface area contributed by atoms with Crippen LogP contribution in [0.5, 0.6) is 0 Å². The van der Waals surface area contributed by atoms with Crippen LogP contribution < -0.4 is 17.3 Å². The number of halogens is 1. The number of rotatable bonds is 9. The third kappa shape index (κ3) is 6.74. The molecular formula is C23H27ClN3O4S2-. The highest BCUT2D eigenvalue weighted by Crippen LogP contribution is 2.29. The van der Waals surface area contributed by atoms with Gasteiger partial charge in [0.2, 0.25) is 5.91 Å². The van der Waals surface area contributed by atoms with E-state index < -0.39 is 9.84 Å². The first kappa shape index (κ1) is 25.6. The van der Waals surface area contributed by atoms with Gasteiger partial charge in [0.05, 0.1) is 34.1 Å². The summed E-state index contributed by atoms with van der Waals surface area (Å²) >= 11 is 1.46. The van der Waals surface area contributed by atoms with Crippen LogP contribution in [-0.2, 0) is 19.4 Å². The van der Waals surface area contributed by atoms with E-state index in [9.17, 15) is 13.2 Å². The molecule has 0 radical (unpaired) electrons. The van der Waals surface area contributed by atoms with Gasteiger partial charge in [-0.25, -0.2) is 13.4 Å². The van der Waals surface area contributed by atoms with Crippen molar-refractivity contribution in [2.24, 2.45) is 0 Å². The summed E-state index contributed by atoms with van der Waals surface area (Å²) in [6.45, 7) is 4.62. The van der Waals surface area contributed by atoms with E-state index in [4.69, 9.17) is 4.74 Å². The van der Waals surface area contributed by atoms with Gasteiger partial charge < -0.3 is 17.1 Å². The fourth-order valence-corrected chi connectivity index (χ4v) is 5.94. The van der Waals surface area contributed by atoms with Crippen LogP contribution in [0.4, 0.5) is 5.13 Å². The third-order valence-corrected chi connectivity index (χ3v) is 8.25. The maximum Gasteiger partial charge on any atom is 0.229 e. The number of morpholine rings is 1. The van der Waals surface area contributed by atoms with Crippen LogP contribution in [0.15, 0.2) is 59.5 Å². The predicted octanol–water partition coefficient (Wildman–Crippen LogP) is 0.220. The lowest BCUT2D eigenvalue weighted by Crippen LogP contribution is -3.00. The third-order valence-electron chi connectivity index (χ3n) is 5.46. The zero-order valence-corrected chi connectivity index (χ0v) is 20.6. The number of carbonyl (C=O) groups excluding carboxylic acids is 1. The van der Waals surface area contributed by atoms with Gasteiger partial charge in [-0.1, -0.05) is 41.7 Å². The minimum absolute atomic E-state index is 0. The fraction of sp³-hybridized carbons (Fsp3) is 0.391. The van der Waals surface area contributed by atoms with E-state index >= 15 is 0 Å². The number of fused-ring (bicyclic) bond motifs is 1. The molecule has 1 fully saturated rings. The van der Waals surface area contributed by atoms with E-state index in [1.165, 1.54) is 11.3 Å². The van der Waals surface area contributed by atoms with E-state index in [0.717, 1.165) is 49.5 Å². The topological polar surface area (TPSA) is 79.8 Å². The van der Waals surface area contributed by atoms with Crippen LogP contribution >= 0.6 is 11.3 Å². The first-order chi connectivity index (χ1) is 15.5. The van der Waals surface area contributed by atoms with Gasteiger partial charge in [-0.05, 0) is 30.7 Å². The van der Waals surface area contributed by atoms with Crippen molar-refractivity contribution in [3.8, 4) is 0 Å². The molecule has 1 saturated heterocycles. The zero-order chi connectivity index (χ0) is 22.4. The Labute approximate surface area is 204 Å². The monoisotopic (exact) mass is 508 g/mol. The van der Waals surface area contributed by atoms with Gasteiger partial charge in [0.25, 0.3) is 0 Å². The van der Waals surface area contributed by atoms with E-state index in [1.807, 2.05) is 24.3 Å². The van der Waals surface area contributed by atoms with Gasteiger partial charge in [0.15, 0.2) is 15.0 Å². The number of ether oxygens (including phenoxy) is 1. The summed E-state index contributed by atoms with van der Waals surface area (Å²) in [5.41, 5.74) is 0.843. The Bertz CT molecular complexity index is 1120. The van der Waals surface area contributed by atoms with E-state index in [2.05, 4.69) is 9.88 Å². The average molecular weight is 509 g/mol. The van der Waals surface area contributed by atoms with Crippen molar-refractivity contribution < 1.29 is 30.4 Å². The summed E-state index contributed by atoms with van der Waals surface area (Å²) in [5.74, 6) is -0.439. The SMILES string of the molecule is O=C(CCS(=O)(=O)c1ccccc1)N(CCCN1CCOCC1)c1nc2ccccc2s1.[Cl-]. The summed E-state index contributed by atoms with van der Waals surface area (Å²) < 4.78 is 31.7. The van der Waals surface area contributed by atoms with Crippen molar-refractivity contribution >= 4 is 42.4 Å². The van der Waals surface area contributed by atoms with Crippen molar-refractivity contribution in [3.63, 3.8) is 0 Å². The van der Waals surface area contributed by atoms with Gasteiger partial charge >= 0.3 is 0 Å². The molecule has 0 aliphatic carbocycles. The van der Waals surface area contributed by atoms with Crippen molar-refractivity contribution in [1.29, 1.82) is 0 Å². The molecule has 1 amide bonds. The molecule has 33 heavy (non-hydrogen) atoms. The minimum Gasteiger partial charge on any atom is -1.00 e. The molecule has 7 nitrogen and oxygen atoms in total. The molecule has 178 valence electrons. The second kappa shape index (κ2) is 11.9. The number of anilines is 1. The number of carbonyl (C=O) groups is 1. The molecule has 4 rings (SSSR count). The Hall–Kier alpha value is -2.04. The fourth-order valence-electron chi connectivity index (χ4n) is 3.68. The molecule has 2 heterocycles. The summed E-state index contributed by atoms with van der Waals surface area (Å²) in [7, 11) is -3.52. The van der Waals surface area contributed by atoms with Crippen LogP contribution in [0, 0.1) is 0 Å². The molecule has 1 aliphatic rings. The molecule has 10 heteroatoms. The van der Waals surface area contributed by atoms with Crippen molar-refractivity contribution in [1.82, 2.24) is 9.88 Å². The largest absolute Gasteiger partial charge is 1.00 e. The zero-order valence-electron chi connectivity index (χ0n) is 18.2. The lowest BCUT2D eigenvalue weighted by atomic mass is 10.3. The van der Waals surface area contributed by atoms with Gasteiger partial charge in [-0.15, -0.1) is 0 Å². The number of amides is 1. The van der Waals surface area contributed by atoms with Crippen LogP contribution in [0.2, 0.25) is 0 Å². The Morgan fingerprint density at radius 1 is 1.06 bits per heavy atom. The molecular weight excluding hydrogens is 482 g/mol. The maximum atomic E-state index is 13.2. The van der Waals surface area contributed by atoms with Crippen LogP contribution in [0.3, 0.4) is 0 Å². The molecule has 0 saturated carbocycles. The number of nitrogens with zero attached hydrogens (tertiary/aromatic N) is 3. The predicted molar refractivity (Wildman–Crippen MR) is 127 cm³/mol. The average Bonchev–Trinajstić information content (AvgIpc) is 3.25. The smallest absolute Gasteiger partial charge is 0.229 e. The molecule has 3 aromatic rings. The lowest BCUT2D eigenvalue weighted by molar-refractivity contribution is -0.118. The van der Waals surface area contributed by atoms with Gasteiger partial charge in [-0.2, -0.15) is 0 Å². The Kier molecular flexibility index (Phi) is 9.22. The summed E-state index contributed by atoms with van der Waals surface area (Å²) in [6, 6.07) is 16.0. The quantitative estimate of drug-likeness (QED) is 0.411. The van der Waals surface area contributed by atoms with Gasteiger partial charge in [0, 0.05) is 32.6 Å². The highest BCUT2D eigenvalue weighted by molar-refractivity contribution is 7.91. The molecule has 2 aromatic carbocycles. The Morgan fingerprint density at radius 3 is 2.48 bits per heavy atom. The number of sulfone groups is 1. The number of thiazole rings is 1. The standard InChI is InChI=1S/C23H27N3O4S2.ClH/c27-22(11-18-32(28,29)19-7-2-1-3-8-19)26(13-6-12-25-14-16-30-17-15-25)23-24-20-9-4-5-10-21(20)31-23;/h1-5,7-10H,6,11-18H2;1H/p-1. The highest BCUT2D eigenvalue weighted by atomic mass is 35.5. The second-order valence-corrected chi connectivity index (χ2v) is 10.8. The van der Waals surface area contributed by atoms with Crippen molar-refractivity contribution in [2.45, 2.75) is 17.7 Å². The van der Waals surface area contributed by atoms with Crippen molar-refractivity contribution in [2.75, 3.05) is 50.0 Å². The highest BCUT2D eigenvalue weighted by Gasteiger charge is 2.23. The molecule has 1 aromatic heterocycles. The first-order valence-electron chi connectivity index (χ1n) is 10.8. The first-order valence-corrected chi connectivity index (χ1v) is 13.2. The molecule has 0 unspecified atom stereocenters. The normalized spacial score (nSPS) is 14.7. The Balaban J connectivity index is 0.00000306. The maximum absolute atomic E-state index is 13.2. The van der Waals surface area contributed by atoms with Gasteiger partial charge in [-0.3, -0.25) is 14.6 Å². The van der Waals surface area contributed by atoms with E-state index in [1.54, 1.807) is 35.2 Å². The van der Waals surface area contributed by atoms with Crippen molar-refractivity contribution in [3.05, 3.63) is 54.6 Å². The molecule has 0 N–H and O–H groups in total. The number of benzene rings is 2. The molecule has 0 atom stereocenters. The molecule has 0 spiro atoms. The van der Waals surface area contributed by atoms with Crippen LogP contribution in [0.25, 0.3) is 10.2 Å². The summed E-state index contributed by atoms with van der Waals surface area (Å²) in [4.78, 5) is 22.0. The van der Waals surface area contributed by atoms with Gasteiger partial charge in [0.1, 0.15) is 0 Å². The number of para-hydroxylation sites is 1. The van der Waals surface area contributed by atoms with E-state index in [0.29, 0.717) is 11.7 Å². The second-order valence-electron chi connectivity index (χ2n) is 7.70. The summed E-state index contributed by atoms with van der Waals surface area (Å²) in [5, 5.41) is 0.621. The minimum atomic E-state index is -3.52. The summed E-state index contributed by atoms with van der Waals surface area (Å²) in [6.07, 6.45) is 0.706. The number of aromatic nitrogens is 1. The number of hydrogen-bond acceptors (Lipinski definition) is 7. The molecule has 1 aliphatic heterocycles. The Morgan fingerprint density at radius 2 is 1.76 bits per heavy atom. The van der Waals surface area contributed by atoms with E-state index in [-0.39, 0.29) is 35.4 Å². The lowest BCUT2D eigenvalue weighted by Gasteiger charge is -2.27. The van der Waals surface area contributed by atoms with Crippen LogP contribution in [0.1, 0.15) is 12.8 Å².